The van der Waals surface area contributed by atoms with E-state index in [4.69, 9.17) is 15.0 Å². The number of thiazole rings is 1. The number of carbonyl (C=O) groups is 1. The fraction of sp³-hybridized carbons (Fsp3) is 0.231. The van der Waals surface area contributed by atoms with E-state index in [1.165, 1.54) is 6.92 Å². The first-order valence-corrected chi connectivity index (χ1v) is 12.3. The molecular formula is C13H16N6O6S4. The van der Waals surface area contributed by atoms with Crippen LogP contribution in [0.15, 0.2) is 26.9 Å². The number of rotatable bonds is 5. The van der Waals surface area contributed by atoms with Crippen LogP contribution in [0.2, 0.25) is 0 Å². The molecule has 0 spiro atoms. The first-order chi connectivity index (χ1) is 13.4. The summed E-state index contributed by atoms with van der Waals surface area (Å²) in [7, 11) is -7.55. The maximum absolute atomic E-state index is 11.1. The Balaban J connectivity index is 0.000000212. The van der Waals surface area contributed by atoms with Crippen LogP contribution in [0.3, 0.4) is 0 Å². The number of anilines is 1. The van der Waals surface area contributed by atoms with E-state index in [2.05, 4.69) is 20.5 Å². The molecule has 1 amide bonds. The van der Waals surface area contributed by atoms with Gasteiger partial charge in [-0.25, -0.2) is 32.1 Å². The highest BCUT2D eigenvalue weighted by molar-refractivity contribution is 7.91. The summed E-state index contributed by atoms with van der Waals surface area (Å²) in [5, 5.41) is 18.8. The largest absolute Gasteiger partial charge is 0.494 e. The zero-order valence-electron chi connectivity index (χ0n) is 15.0. The predicted molar refractivity (Wildman–Crippen MR) is 108 cm³/mol. The first-order valence-electron chi connectivity index (χ1n) is 7.60. The van der Waals surface area contributed by atoms with Crippen LogP contribution < -0.4 is 20.3 Å². The Morgan fingerprint density at radius 1 is 1.10 bits per heavy atom. The predicted octanol–water partition coefficient (Wildman–Crippen LogP) is 0.486. The number of hydrogen-bond acceptors (Lipinski definition) is 11. The second-order valence-electron chi connectivity index (χ2n) is 5.19. The van der Waals surface area contributed by atoms with Gasteiger partial charge in [-0.05, 0) is 25.1 Å². The second-order valence-corrected chi connectivity index (χ2v) is 10.7. The van der Waals surface area contributed by atoms with Gasteiger partial charge in [-0.15, -0.1) is 21.5 Å². The first kappa shape index (κ1) is 23.0. The summed E-state index contributed by atoms with van der Waals surface area (Å²) in [6.07, 6.45) is 0. The minimum Gasteiger partial charge on any atom is -0.494 e. The summed E-state index contributed by atoms with van der Waals surface area (Å²) >= 11 is 1.74. The van der Waals surface area contributed by atoms with Gasteiger partial charge in [0, 0.05) is 6.92 Å². The molecule has 2 aromatic heterocycles. The van der Waals surface area contributed by atoms with Crippen molar-refractivity contribution in [1.29, 1.82) is 0 Å². The van der Waals surface area contributed by atoms with Crippen molar-refractivity contribution in [2.45, 2.75) is 22.5 Å². The van der Waals surface area contributed by atoms with Crippen molar-refractivity contribution in [1.82, 2.24) is 15.2 Å². The van der Waals surface area contributed by atoms with Crippen LogP contribution >= 0.6 is 22.7 Å². The molecule has 0 saturated carbocycles. The van der Waals surface area contributed by atoms with E-state index >= 15 is 0 Å². The van der Waals surface area contributed by atoms with Crippen LogP contribution in [-0.2, 0) is 24.8 Å². The second kappa shape index (κ2) is 9.06. The standard InChI is InChI=1S/C9H10N2O3S2.C4H6N4O3S2/c1-2-14-6-3-4-7-8(5-6)15-9(11-7)16(10,12)13;1-2(9)6-3-7-8-4(12-3)13(5,10)11/h3-5H,2H2,1H3,(H2,10,12,13);1H3,(H2,5,10,11)(H,6,7,9). The summed E-state index contributed by atoms with van der Waals surface area (Å²) in [6.45, 7) is 3.72. The number of fused-ring (bicyclic) bond motifs is 1. The highest BCUT2D eigenvalue weighted by atomic mass is 32.3. The van der Waals surface area contributed by atoms with Crippen molar-refractivity contribution in [2.24, 2.45) is 10.3 Å². The van der Waals surface area contributed by atoms with Crippen molar-refractivity contribution in [3.8, 4) is 5.75 Å². The van der Waals surface area contributed by atoms with Crippen LogP contribution in [0.4, 0.5) is 5.13 Å². The van der Waals surface area contributed by atoms with Crippen molar-refractivity contribution < 1.29 is 26.4 Å². The molecule has 0 atom stereocenters. The molecule has 2 heterocycles. The topological polar surface area (TPSA) is 197 Å². The Morgan fingerprint density at radius 3 is 2.28 bits per heavy atom. The smallest absolute Gasteiger partial charge is 0.267 e. The third-order valence-corrected chi connectivity index (χ3v) is 7.31. The van der Waals surface area contributed by atoms with E-state index in [1.54, 1.807) is 18.2 Å². The Bertz CT molecular complexity index is 1230. The monoisotopic (exact) mass is 480 g/mol. The van der Waals surface area contributed by atoms with Gasteiger partial charge < -0.3 is 10.1 Å². The molecule has 0 aliphatic rings. The summed E-state index contributed by atoms with van der Waals surface area (Å²) in [5.41, 5.74) is 0.609. The van der Waals surface area contributed by atoms with Gasteiger partial charge in [0.15, 0.2) is 0 Å². The van der Waals surface area contributed by atoms with Gasteiger partial charge in [0.05, 0.1) is 16.8 Å². The van der Waals surface area contributed by atoms with Crippen molar-refractivity contribution in [3.05, 3.63) is 18.2 Å². The normalized spacial score (nSPS) is 11.6. The number of sulfonamides is 2. The number of primary sulfonamides is 2. The molecule has 5 N–H and O–H groups in total. The summed E-state index contributed by atoms with van der Waals surface area (Å²) in [4.78, 5) is 14.5. The van der Waals surface area contributed by atoms with Crippen LogP contribution in [0.5, 0.6) is 5.75 Å². The van der Waals surface area contributed by atoms with Crippen molar-refractivity contribution in [2.75, 3.05) is 11.9 Å². The lowest BCUT2D eigenvalue weighted by Gasteiger charge is -2.00. The number of ether oxygens (including phenoxy) is 1. The molecule has 0 bridgehead atoms. The van der Waals surface area contributed by atoms with Gasteiger partial charge in [-0.2, -0.15) is 0 Å². The minimum atomic E-state index is -3.82. The molecule has 12 nitrogen and oxygen atoms in total. The van der Waals surface area contributed by atoms with E-state index in [-0.39, 0.29) is 19.7 Å². The van der Waals surface area contributed by atoms with E-state index < -0.39 is 20.0 Å². The molecule has 0 saturated heterocycles. The van der Waals surface area contributed by atoms with Crippen molar-refractivity contribution >= 4 is 64.0 Å². The highest BCUT2D eigenvalue weighted by Crippen LogP contribution is 2.28. The molecule has 0 radical (unpaired) electrons. The number of amides is 1. The number of carbonyl (C=O) groups excluding carboxylic acids is 1. The average Bonchev–Trinajstić information content (AvgIpc) is 3.20. The molecule has 0 unspecified atom stereocenters. The number of nitrogens with one attached hydrogen (secondary N) is 1. The van der Waals surface area contributed by atoms with Crippen LogP contribution in [0, 0.1) is 0 Å². The van der Waals surface area contributed by atoms with E-state index in [0.717, 1.165) is 16.0 Å². The third kappa shape index (κ3) is 6.65. The number of aromatic nitrogens is 3. The molecule has 1 aromatic carbocycles. The lowest BCUT2D eigenvalue weighted by Crippen LogP contribution is -2.11. The van der Waals surface area contributed by atoms with Crippen molar-refractivity contribution in [3.63, 3.8) is 0 Å². The molecule has 0 aliphatic carbocycles. The maximum Gasteiger partial charge on any atom is 0.267 e. The zero-order chi connectivity index (χ0) is 21.8. The molecule has 0 fully saturated rings. The van der Waals surface area contributed by atoms with Gasteiger partial charge in [0.2, 0.25) is 19.7 Å². The van der Waals surface area contributed by atoms with Gasteiger partial charge >= 0.3 is 0 Å². The number of benzene rings is 1. The minimum absolute atomic E-state index is 0.0730. The van der Waals surface area contributed by atoms with Gasteiger partial charge in [-0.3, -0.25) is 4.79 Å². The molecule has 3 rings (SSSR count). The lowest BCUT2D eigenvalue weighted by atomic mass is 10.3. The van der Waals surface area contributed by atoms with E-state index in [1.807, 2.05) is 6.92 Å². The Hall–Kier alpha value is -2.24. The molecule has 3 aromatic rings. The van der Waals surface area contributed by atoms with E-state index in [9.17, 15) is 21.6 Å². The Kier molecular flexibility index (Phi) is 7.20. The SMILES string of the molecule is CC(=O)Nc1nnc(S(N)(=O)=O)s1.CCOc1ccc2nc(S(N)(=O)=O)sc2c1. The molecule has 0 aliphatic heterocycles. The zero-order valence-corrected chi connectivity index (χ0v) is 18.3. The molecular weight excluding hydrogens is 464 g/mol. The average molecular weight is 481 g/mol. The van der Waals surface area contributed by atoms with Gasteiger partial charge in [0.1, 0.15) is 5.75 Å². The highest BCUT2D eigenvalue weighted by Gasteiger charge is 2.15. The number of nitrogens with zero attached hydrogens (tertiary/aromatic N) is 3. The lowest BCUT2D eigenvalue weighted by molar-refractivity contribution is -0.114. The maximum atomic E-state index is 11.1. The summed E-state index contributed by atoms with van der Waals surface area (Å²) < 4.78 is 49.3. The Labute approximate surface area is 174 Å². The molecule has 29 heavy (non-hydrogen) atoms. The molecule has 158 valence electrons. The third-order valence-electron chi connectivity index (χ3n) is 2.83. The summed E-state index contributed by atoms with van der Waals surface area (Å²) in [6, 6.07) is 5.22. The number of nitrogens with two attached hydrogens (primary N) is 2. The summed E-state index contributed by atoms with van der Waals surface area (Å²) in [5.74, 6) is 0.344. The van der Waals surface area contributed by atoms with Crippen LogP contribution in [0.25, 0.3) is 10.2 Å². The Morgan fingerprint density at radius 2 is 1.76 bits per heavy atom. The van der Waals surface area contributed by atoms with Crippen LogP contribution in [-0.4, -0.2) is 44.5 Å². The van der Waals surface area contributed by atoms with Gasteiger partial charge in [0.25, 0.3) is 20.0 Å². The fourth-order valence-electron chi connectivity index (χ4n) is 1.79. The van der Waals surface area contributed by atoms with Gasteiger partial charge in [-0.1, -0.05) is 11.3 Å². The van der Waals surface area contributed by atoms with E-state index in [0.29, 0.717) is 29.2 Å². The fourth-order valence-corrected chi connectivity index (χ4v) is 4.85. The molecule has 16 heteroatoms. The van der Waals surface area contributed by atoms with Crippen LogP contribution in [0.1, 0.15) is 13.8 Å². The quantitative estimate of drug-likeness (QED) is 0.435. The number of hydrogen-bond donors (Lipinski definition) is 3.